The number of anilines is 2. The number of nitroso groups, excluding NO2 is 1. The lowest BCUT2D eigenvalue weighted by atomic mass is 9.82. The fourth-order valence-corrected chi connectivity index (χ4v) is 3.03. The number of hydrogen-bond acceptors (Lipinski definition) is 6. The van der Waals surface area contributed by atoms with E-state index in [-0.39, 0.29) is 18.1 Å². The van der Waals surface area contributed by atoms with Crippen LogP contribution >= 0.6 is 0 Å². The summed E-state index contributed by atoms with van der Waals surface area (Å²) in [5.74, 6) is -0.354. The zero-order chi connectivity index (χ0) is 17.8. The molecule has 128 valence electrons. The number of rotatable bonds is 7. The molecule has 0 amide bonds. The van der Waals surface area contributed by atoms with E-state index in [1.54, 1.807) is 30.3 Å². The van der Waals surface area contributed by atoms with Crippen LogP contribution in [0.25, 0.3) is 0 Å². The van der Waals surface area contributed by atoms with Crippen molar-refractivity contribution in [3.05, 3.63) is 63.6 Å². The molecule has 1 aliphatic carbocycles. The van der Waals surface area contributed by atoms with Crippen LogP contribution in [0.2, 0.25) is 0 Å². The van der Waals surface area contributed by atoms with Gasteiger partial charge in [-0.05, 0) is 18.6 Å². The molecule has 0 bridgehead atoms. The van der Waals surface area contributed by atoms with Crippen LogP contribution in [-0.2, 0) is 0 Å². The van der Waals surface area contributed by atoms with E-state index in [1.807, 2.05) is 13.0 Å². The second kappa shape index (κ2) is 7.25. The lowest BCUT2D eigenvalue weighted by molar-refractivity contribution is 0.0980. The predicted molar refractivity (Wildman–Crippen MR) is 97.7 cm³/mol. The molecule has 0 saturated heterocycles. The molecule has 0 heterocycles. The summed E-state index contributed by atoms with van der Waals surface area (Å²) in [7, 11) is 0. The Morgan fingerprint density at radius 1 is 0.840 bits per heavy atom. The third-order valence-electron chi connectivity index (χ3n) is 4.16. The lowest BCUT2D eigenvalue weighted by Gasteiger charge is -2.23. The fourth-order valence-electron chi connectivity index (χ4n) is 3.03. The summed E-state index contributed by atoms with van der Waals surface area (Å²) in [5, 5.41) is 9.06. The van der Waals surface area contributed by atoms with Crippen LogP contribution in [-0.4, -0.2) is 31.2 Å². The van der Waals surface area contributed by atoms with E-state index in [0.29, 0.717) is 40.2 Å². The van der Waals surface area contributed by atoms with E-state index in [4.69, 9.17) is 0 Å². The molecule has 6 heteroatoms. The van der Waals surface area contributed by atoms with Crippen LogP contribution in [0.15, 0.2) is 41.6 Å². The number of fused-ring (bicyclic) bond motifs is 2. The predicted octanol–water partition coefficient (Wildman–Crippen LogP) is 3.46. The van der Waals surface area contributed by atoms with Gasteiger partial charge in [0.1, 0.15) is 0 Å². The van der Waals surface area contributed by atoms with Crippen molar-refractivity contribution in [1.82, 2.24) is 0 Å². The average Bonchev–Trinajstić information content (AvgIpc) is 2.64. The van der Waals surface area contributed by atoms with Gasteiger partial charge in [0.25, 0.3) is 0 Å². The zero-order valence-electron chi connectivity index (χ0n) is 14.0. The van der Waals surface area contributed by atoms with Crippen molar-refractivity contribution >= 4 is 22.9 Å². The summed E-state index contributed by atoms with van der Waals surface area (Å²) < 4.78 is 0. The van der Waals surface area contributed by atoms with Crippen LogP contribution in [0.5, 0.6) is 0 Å². The van der Waals surface area contributed by atoms with Crippen molar-refractivity contribution in [3.8, 4) is 0 Å². The van der Waals surface area contributed by atoms with Crippen LogP contribution in [0.4, 0.5) is 11.4 Å². The van der Waals surface area contributed by atoms with E-state index in [2.05, 4.69) is 15.8 Å². The van der Waals surface area contributed by atoms with Gasteiger partial charge < -0.3 is 10.6 Å². The summed E-state index contributed by atoms with van der Waals surface area (Å²) in [6.07, 6.45) is 0.911. The van der Waals surface area contributed by atoms with Crippen molar-refractivity contribution in [2.75, 3.05) is 30.3 Å². The van der Waals surface area contributed by atoms with E-state index in [9.17, 15) is 14.5 Å². The first kappa shape index (κ1) is 16.8. The first-order chi connectivity index (χ1) is 12.2. The number of carbonyl (C=O) groups is 2. The van der Waals surface area contributed by atoms with E-state index >= 15 is 0 Å². The van der Waals surface area contributed by atoms with Gasteiger partial charge >= 0.3 is 0 Å². The molecule has 0 spiro atoms. The molecular formula is C19H19N3O3. The van der Waals surface area contributed by atoms with Gasteiger partial charge in [-0.2, -0.15) is 4.91 Å². The topological polar surface area (TPSA) is 87.6 Å². The molecule has 1 aliphatic rings. The zero-order valence-corrected chi connectivity index (χ0v) is 14.0. The minimum absolute atomic E-state index is 0.0890. The first-order valence-corrected chi connectivity index (χ1v) is 8.31. The molecule has 0 atom stereocenters. The largest absolute Gasteiger partial charge is 0.384 e. The third kappa shape index (κ3) is 3.03. The second-order valence-corrected chi connectivity index (χ2v) is 5.82. The van der Waals surface area contributed by atoms with Gasteiger partial charge in [-0.3, -0.25) is 9.59 Å². The Morgan fingerprint density at radius 2 is 1.40 bits per heavy atom. The minimum atomic E-state index is -0.189. The standard InChI is InChI=1S/C19H19N3O3/c1-2-9-20-14-7-3-5-12-16(14)19(24)17-13(18(12)23)6-4-8-15(17)21-10-11-22-25/h3-8,20-21H,2,9-11H2,1H3. The summed E-state index contributed by atoms with van der Waals surface area (Å²) >= 11 is 0. The monoisotopic (exact) mass is 337 g/mol. The van der Waals surface area contributed by atoms with Crippen LogP contribution in [0, 0.1) is 4.91 Å². The van der Waals surface area contributed by atoms with Gasteiger partial charge in [-0.15, -0.1) is 0 Å². The molecule has 0 saturated carbocycles. The Hall–Kier alpha value is -3.02. The number of ketones is 2. The van der Waals surface area contributed by atoms with E-state index in [0.717, 1.165) is 13.0 Å². The molecule has 0 aromatic heterocycles. The Morgan fingerprint density at radius 3 is 1.92 bits per heavy atom. The molecule has 2 N–H and O–H groups in total. The van der Waals surface area contributed by atoms with Crippen molar-refractivity contribution in [1.29, 1.82) is 0 Å². The fraction of sp³-hybridized carbons (Fsp3) is 0.263. The summed E-state index contributed by atoms with van der Waals surface area (Å²) in [6.45, 7) is 3.15. The number of carbonyl (C=O) groups excluding carboxylic acids is 2. The van der Waals surface area contributed by atoms with Gasteiger partial charge in [0.15, 0.2) is 11.6 Å². The van der Waals surface area contributed by atoms with E-state index in [1.165, 1.54) is 0 Å². The first-order valence-electron chi connectivity index (χ1n) is 8.31. The Kier molecular flexibility index (Phi) is 4.88. The molecular weight excluding hydrogens is 318 g/mol. The maximum atomic E-state index is 13.2. The average molecular weight is 337 g/mol. The summed E-state index contributed by atoms with van der Waals surface area (Å²) in [5.41, 5.74) is 2.80. The SMILES string of the molecule is CCCNc1cccc2c1C(=O)c1c(NCCN=O)cccc1C2=O. The van der Waals surface area contributed by atoms with Gasteiger partial charge in [0, 0.05) is 35.6 Å². The van der Waals surface area contributed by atoms with Crippen molar-refractivity contribution in [2.45, 2.75) is 13.3 Å². The highest BCUT2D eigenvalue weighted by Gasteiger charge is 2.33. The molecule has 0 unspecified atom stereocenters. The third-order valence-corrected chi connectivity index (χ3v) is 4.16. The second-order valence-electron chi connectivity index (χ2n) is 5.82. The Labute approximate surface area is 145 Å². The number of nitrogens with zero attached hydrogens (tertiary/aromatic N) is 1. The van der Waals surface area contributed by atoms with E-state index < -0.39 is 0 Å². The molecule has 2 aromatic rings. The lowest BCUT2D eigenvalue weighted by Crippen LogP contribution is -2.24. The van der Waals surface area contributed by atoms with Crippen LogP contribution in [0.1, 0.15) is 45.2 Å². The molecule has 0 radical (unpaired) electrons. The highest BCUT2D eigenvalue weighted by molar-refractivity contribution is 6.31. The van der Waals surface area contributed by atoms with Crippen molar-refractivity contribution < 1.29 is 9.59 Å². The highest BCUT2D eigenvalue weighted by Crippen LogP contribution is 2.35. The molecule has 25 heavy (non-hydrogen) atoms. The summed E-state index contributed by atoms with van der Waals surface area (Å²) in [6, 6.07) is 10.4. The number of nitrogens with one attached hydrogen (secondary N) is 2. The normalized spacial score (nSPS) is 12.4. The van der Waals surface area contributed by atoms with Crippen molar-refractivity contribution in [2.24, 2.45) is 5.18 Å². The van der Waals surface area contributed by atoms with Gasteiger partial charge in [0.05, 0.1) is 17.7 Å². The number of benzene rings is 2. The summed E-state index contributed by atoms with van der Waals surface area (Å²) in [4.78, 5) is 36.3. The van der Waals surface area contributed by atoms with Gasteiger partial charge in [0.2, 0.25) is 0 Å². The molecule has 3 rings (SSSR count). The molecule has 0 fully saturated rings. The quantitative estimate of drug-likeness (QED) is 0.509. The molecule has 6 nitrogen and oxygen atoms in total. The van der Waals surface area contributed by atoms with Gasteiger partial charge in [-0.25, -0.2) is 0 Å². The van der Waals surface area contributed by atoms with Crippen LogP contribution in [0.3, 0.4) is 0 Å². The molecule has 0 aliphatic heterocycles. The molecule has 2 aromatic carbocycles. The maximum absolute atomic E-state index is 13.2. The van der Waals surface area contributed by atoms with Gasteiger partial charge in [-0.1, -0.05) is 36.4 Å². The Balaban J connectivity index is 2.08. The minimum Gasteiger partial charge on any atom is -0.384 e. The highest BCUT2D eigenvalue weighted by atomic mass is 16.3. The van der Waals surface area contributed by atoms with Crippen molar-refractivity contribution in [3.63, 3.8) is 0 Å². The van der Waals surface area contributed by atoms with Crippen LogP contribution < -0.4 is 10.6 Å². The Bertz CT molecular complexity index is 846. The maximum Gasteiger partial charge on any atom is 0.198 e. The smallest absolute Gasteiger partial charge is 0.198 e. The number of hydrogen-bond donors (Lipinski definition) is 2.